The fraction of sp³-hybridized carbons (Fsp3) is 0.0909. The monoisotopic (exact) mass is 315 g/mol. The van der Waals surface area contributed by atoms with E-state index in [-0.39, 0.29) is 21.9 Å². The van der Waals surface area contributed by atoms with Crippen LogP contribution in [-0.2, 0) is 6.18 Å². The van der Waals surface area contributed by atoms with Crippen LogP contribution in [0.15, 0.2) is 24.4 Å². The zero-order valence-corrected chi connectivity index (χ0v) is 11.0. The van der Waals surface area contributed by atoms with Gasteiger partial charge in [0.15, 0.2) is 5.69 Å². The van der Waals surface area contributed by atoms with Crippen LogP contribution in [0.3, 0.4) is 0 Å². The number of nitrogens with zero attached hydrogens (tertiary/aromatic N) is 2. The van der Waals surface area contributed by atoms with Gasteiger partial charge in [0.25, 0.3) is 5.91 Å². The van der Waals surface area contributed by atoms with Crippen molar-refractivity contribution in [3.05, 3.63) is 41.2 Å². The van der Waals surface area contributed by atoms with Gasteiger partial charge in [-0.1, -0.05) is 12.2 Å². The summed E-state index contributed by atoms with van der Waals surface area (Å²) >= 11 is 4.71. The SMILES string of the molecule is NC(=S)c1cc(C(F)(F)F)ccc1NC(=O)c1cn[nH]n1. The van der Waals surface area contributed by atoms with Crippen molar-refractivity contribution in [1.82, 2.24) is 15.4 Å². The number of rotatable bonds is 3. The molecule has 1 heterocycles. The first-order chi connectivity index (χ1) is 9.79. The molecule has 0 saturated heterocycles. The van der Waals surface area contributed by atoms with Gasteiger partial charge in [-0.2, -0.15) is 28.6 Å². The number of anilines is 1. The van der Waals surface area contributed by atoms with E-state index in [1.807, 2.05) is 0 Å². The predicted molar refractivity (Wildman–Crippen MR) is 71.7 cm³/mol. The molecule has 0 atom stereocenters. The van der Waals surface area contributed by atoms with E-state index in [2.05, 4.69) is 20.7 Å². The quantitative estimate of drug-likeness (QED) is 0.749. The Hall–Kier alpha value is -2.49. The number of alkyl halides is 3. The van der Waals surface area contributed by atoms with Crippen molar-refractivity contribution >= 4 is 28.8 Å². The van der Waals surface area contributed by atoms with Gasteiger partial charge in [0, 0.05) is 5.56 Å². The van der Waals surface area contributed by atoms with Crippen LogP contribution in [0.4, 0.5) is 18.9 Å². The van der Waals surface area contributed by atoms with Crippen molar-refractivity contribution in [2.45, 2.75) is 6.18 Å². The molecule has 0 aliphatic rings. The number of carbonyl (C=O) groups excluding carboxylic acids is 1. The molecule has 1 aromatic carbocycles. The van der Waals surface area contributed by atoms with Crippen LogP contribution < -0.4 is 11.1 Å². The normalized spacial score (nSPS) is 11.2. The zero-order chi connectivity index (χ0) is 15.6. The van der Waals surface area contributed by atoms with E-state index in [4.69, 9.17) is 18.0 Å². The number of amides is 1. The minimum atomic E-state index is -4.53. The average molecular weight is 315 g/mol. The molecular formula is C11H8F3N5OS. The van der Waals surface area contributed by atoms with E-state index in [1.165, 1.54) is 6.20 Å². The van der Waals surface area contributed by atoms with E-state index >= 15 is 0 Å². The highest BCUT2D eigenvalue weighted by atomic mass is 32.1. The van der Waals surface area contributed by atoms with E-state index in [0.717, 1.165) is 18.2 Å². The molecule has 0 aliphatic carbocycles. The Morgan fingerprint density at radius 1 is 1.38 bits per heavy atom. The number of benzene rings is 1. The Morgan fingerprint density at radius 3 is 2.62 bits per heavy atom. The standard InChI is InChI=1S/C11H8F3N5OS/c12-11(13,14)5-1-2-7(6(3-5)9(15)21)17-10(20)8-4-16-19-18-8/h1-4H,(H2,15,21)(H,17,20)(H,16,18,19). The van der Waals surface area contributed by atoms with Gasteiger partial charge in [-0.15, -0.1) is 0 Å². The minimum absolute atomic E-state index is 0.0243. The summed E-state index contributed by atoms with van der Waals surface area (Å²) < 4.78 is 38.0. The lowest BCUT2D eigenvalue weighted by molar-refractivity contribution is -0.137. The molecule has 0 radical (unpaired) electrons. The number of halogens is 3. The third-order valence-corrected chi connectivity index (χ3v) is 2.73. The van der Waals surface area contributed by atoms with Gasteiger partial charge >= 0.3 is 6.18 Å². The van der Waals surface area contributed by atoms with E-state index < -0.39 is 17.6 Å². The molecule has 1 aromatic heterocycles. The number of aromatic amines is 1. The molecule has 1 amide bonds. The number of hydrogen-bond acceptors (Lipinski definition) is 4. The number of carbonyl (C=O) groups is 1. The van der Waals surface area contributed by atoms with Crippen molar-refractivity contribution in [2.24, 2.45) is 5.73 Å². The van der Waals surface area contributed by atoms with Crippen LogP contribution in [0.5, 0.6) is 0 Å². The van der Waals surface area contributed by atoms with Crippen molar-refractivity contribution in [1.29, 1.82) is 0 Å². The highest BCUT2D eigenvalue weighted by Crippen LogP contribution is 2.32. The molecule has 0 fully saturated rings. The average Bonchev–Trinajstić information content (AvgIpc) is 2.91. The second-order valence-electron chi connectivity index (χ2n) is 3.93. The highest BCUT2D eigenvalue weighted by molar-refractivity contribution is 7.80. The molecule has 21 heavy (non-hydrogen) atoms. The summed E-state index contributed by atoms with van der Waals surface area (Å²) in [5.74, 6) is -0.652. The first-order valence-corrected chi connectivity index (χ1v) is 5.88. The molecular weight excluding hydrogens is 307 g/mol. The summed E-state index contributed by atoms with van der Waals surface area (Å²) in [7, 11) is 0. The maximum atomic E-state index is 12.7. The van der Waals surface area contributed by atoms with Crippen LogP contribution in [0.25, 0.3) is 0 Å². The van der Waals surface area contributed by atoms with Gasteiger partial charge in [-0.25, -0.2) is 0 Å². The number of nitrogens with one attached hydrogen (secondary N) is 2. The maximum absolute atomic E-state index is 12.7. The molecule has 110 valence electrons. The summed E-state index contributed by atoms with van der Waals surface area (Å²) in [6, 6.07) is 2.68. The topological polar surface area (TPSA) is 96.7 Å². The molecule has 10 heteroatoms. The molecule has 0 unspecified atom stereocenters. The van der Waals surface area contributed by atoms with E-state index in [1.54, 1.807) is 0 Å². The molecule has 4 N–H and O–H groups in total. The van der Waals surface area contributed by atoms with Crippen molar-refractivity contribution in [3.8, 4) is 0 Å². The summed E-state index contributed by atoms with van der Waals surface area (Å²) in [6.07, 6.45) is -3.37. The third kappa shape index (κ3) is 3.34. The second kappa shape index (κ2) is 5.48. The first-order valence-electron chi connectivity index (χ1n) is 5.47. The molecule has 0 bridgehead atoms. The van der Waals surface area contributed by atoms with E-state index in [9.17, 15) is 18.0 Å². The molecule has 0 spiro atoms. The Labute approximate surface area is 121 Å². The van der Waals surface area contributed by atoms with Crippen LogP contribution in [0, 0.1) is 0 Å². The highest BCUT2D eigenvalue weighted by Gasteiger charge is 2.31. The smallest absolute Gasteiger partial charge is 0.389 e. The van der Waals surface area contributed by atoms with E-state index in [0.29, 0.717) is 0 Å². The maximum Gasteiger partial charge on any atom is 0.416 e. The Balaban J connectivity index is 2.35. The lowest BCUT2D eigenvalue weighted by atomic mass is 10.1. The fourth-order valence-corrected chi connectivity index (χ4v) is 1.70. The van der Waals surface area contributed by atoms with Gasteiger partial charge in [-0.3, -0.25) is 4.79 Å². The van der Waals surface area contributed by atoms with Gasteiger partial charge in [0.1, 0.15) is 4.99 Å². The summed E-state index contributed by atoms with van der Waals surface area (Å²) in [6.45, 7) is 0. The summed E-state index contributed by atoms with van der Waals surface area (Å²) in [4.78, 5) is 11.5. The lowest BCUT2D eigenvalue weighted by Gasteiger charge is -2.13. The second-order valence-corrected chi connectivity index (χ2v) is 4.37. The van der Waals surface area contributed by atoms with Crippen LogP contribution in [0.1, 0.15) is 21.6 Å². The molecule has 2 aromatic rings. The van der Waals surface area contributed by atoms with Gasteiger partial charge in [-0.05, 0) is 18.2 Å². The van der Waals surface area contributed by atoms with Crippen LogP contribution >= 0.6 is 12.2 Å². The predicted octanol–water partition coefficient (Wildman–Crippen LogP) is 1.71. The van der Waals surface area contributed by atoms with Gasteiger partial charge in [0.05, 0.1) is 17.4 Å². The molecule has 2 rings (SSSR count). The van der Waals surface area contributed by atoms with Crippen molar-refractivity contribution in [3.63, 3.8) is 0 Å². The third-order valence-electron chi connectivity index (χ3n) is 2.51. The summed E-state index contributed by atoms with van der Waals surface area (Å²) in [5, 5.41) is 11.6. The largest absolute Gasteiger partial charge is 0.416 e. The number of hydrogen-bond donors (Lipinski definition) is 3. The van der Waals surface area contributed by atoms with Crippen molar-refractivity contribution < 1.29 is 18.0 Å². The van der Waals surface area contributed by atoms with Crippen molar-refractivity contribution in [2.75, 3.05) is 5.32 Å². The number of aromatic nitrogens is 3. The minimum Gasteiger partial charge on any atom is -0.389 e. The lowest BCUT2D eigenvalue weighted by Crippen LogP contribution is -2.19. The fourth-order valence-electron chi connectivity index (χ4n) is 1.53. The molecule has 6 nitrogen and oxygen atoms in total. The first kappa shape index (κ1) is 14.9. The van der Waals surface area contributed by atoms with Crippen LogP contribution in [-0.4, -0.2) is 26.3 Å². The zero-order valence-electron chi connectivity index (χ0n) is 10.2. The Bertz CT molecular complexity index is 684. The Kier molecular flexibility index (Phi) is 3.89. The molecule has 0 aliphatic heterocycles. The number of thiocarbonyl (C=S) groups is 1. The van der Waals surface area contributed by atoms with Gasteiger partial charge < -0.3 is 11.1 Å². The van der Waals surface area contributed by atoms with Gasteiger partial charge in [0.2, 0.25) is 0 Å². The van der Waals surface area contributed by atoms with Crippen LogP contribution in [0.2, 0.25) is 0 Å². The number of H-pyrrole nitrogens is 1. The number of nitrogens with two attached hydrogens (primary N) is 1. The summed E-state index contributed by atoms with van der Waals surface area (Å²) in [5.41, 5.74) is 4.44. The Morgan fingerprint density at radius 2 is 2.10 bits per heavy atom. The molecule has 0 saturated carbocycles.